The van der Waals surface area contributed by atoms with Gasteiger partial charge in [-0.25, -0.2) is 0 Å². The first-order valence-corrected chi connectivity index (χ1v) is 4.40. The standard InChI is InChI=1S/C10H9NO4/c1-6-8-4-7(11(13)14)2-3-9(8)15-10(6)5-12/h2-4,12H,5H2,1H3. The van der Waals surface area contributed by atoms with Gasteiger partial charge in [0.1, 0.15) is 18.0 Å². The van der Waals surface area contributed by atoms with Crippen molar-refractivity contribution in [3.8, 4) is 0 Å². The molecule has 0 radical (unpaired) electrons. The highest BCUT2D eigenvalue weighted by molar-refractivity contribution is 5.84. The van der Waals surface area contributed by atoms with Crippen molar-refractivity contribution in [3.05, 3.63) is 39.6 Å². The third-order valence-electron chi connectivity index (χ3n) is 2.37. The van der Waals surface area contributed by atoms with Crippen molar-refractivity contribution in [2.75, 3.05) is 0 Å². The largest absolute Gasteiger partial charge is 0.458 e. The molecule has 0 unspecified atom stereocenters. The molecule has 2 rings (SSSR count). The van der Waals surface area contributed by atoms with Crippen LogP contribution >= 0.6 is 0 Å². The second kappa shape index (κ2) is 3.36. The molecule has 0 aliphatic rings. The van der Waals surface area contributed by atoms with Crippen LogP contribution in [0.3, 0.4) is 0 Å². The highest BCUT2D eigenvalue weighted by atomic mass is 16.6. The average Bonchev–Trinajstić information content (AvgIpc) is 2.55. The zero-order chi connectivity index (χ0) is 11.0. The van der Waals surface area contributed by atoms with E-state index in [1.165, 1.54) is 12.1 Å². The second-order valence-electron chi connectivity index (χ2n) is 3.25. The Bertz CT molecular complexity index is 529. The SMILES string of the molecule is Cc1c(CO)oc2ccc([N+](=O)[O-])cc12. The lowest BCUT2D eigenvalue weighted by Gasteiger charge is -1.91. The van der Waals surface area contributed by atoms with Crippen LogP contribution in [0.4, 0.5) is 5.69 Å². The van der Waals surface area contributed by atoms with Crippen molar-refractivity contribution >= 4 is 16.7 Å². The minimum atomic E-state index is -0.454. The number of hydrogen-bond acceptors (Lipinski definition) is 4. The molecule has 5 heteroatoms. The second-order valence-corrected chi connectivity index (χ2v) is 3.25. The van der Waals surface area contributed by atoms with Crippen LogP contribution in [0, 0.1) is 17.0 Å². The molecule has 0 aliphatic carbocycles. The van der Waals surface area contributed by atoms with Gasteiger partial charge in [-0.05, 0) is 13.0 Å². The Kier molecular flexibility index (Phi) is 2.17. The third-order valence-corrected chi connectivity index (χ3v) is 2.37. The minimum absolute atomic E-state index is 0.0240. The van der Waals surface area contributed by atoms with Crippen molar-refractivity contribution in [1.82, 2.24) is 0 Å². The number of nitrogens with zero attached hydrogens (tertiary/aromatic N) is 1. The minimum Gasteiger partial charge on any atom is -0.458 e. The van der Waals surface area contributed by atoms with Gasteiger partial charge in [0.15, 0.2) is 0 Å². The summed E-state index contributed by atoms with van der Waals surface area (Å²) in [6.07, 6.45) is 0. The lowest BCUT2D eigenvalue weighted by atomic mass is 10.1. The number of nitro groups is 1. The van der Waals surface area contributed by atoms with Crippen LogP contribution in [0.2, 0.25) is 0 Å². The van der Waals surface area contributed by atoms with E-state index in [9.17, 15) is 10.1 Å². The summed E-state index contributed by atoms with van der Waals surface area (Å²) in [5.41, 5.74) is 1.33. The molecule has 0 amide bonds. The normalized spacial score (nSPS) is 10.8. The van der Waals surface area contributed by atoms with E-state index >= 15 is 0 Å². The van der Waals surface area contributed by atoms with Crippen LogP contribution in [0.5, 0.6) is 0 Å². The fraction of sp³-hybridized carbons (Fsp3) is 0.200. The van der Waals surface area contributed by atoms with Crippen molar-refractivity contribution in [2.45, 2.75) is 13.5 Å². The lowest BCUT2D eigenvalue weighted by molar-refractivity contribution is -0.384. The Morgan fingerprint density at radius 3 is 2.87 bits per heavy atom. The number of aliphatic hydroxyl groups is 1. The predicted octanol–water partition coefficient (Wildman–Crippen LogP) is 2.14. The van der Waals surface area contributed by atoms with Crippen LogP contribution in [-0.4, -0.2) is 10.0 Å². The molecule has 0 aliphatic heterocycles. The average molecular weight is 207 g/mol. The molecule has 0 atom stereocenters. The molecule has 0 saturated carbocycles. The van der Waals surface area contributed by atoms with E-state index in [2.05, 4.69) is 0 Å². The van der Waals surface area contributed by atoms with Crippen LogP contribution in [0.1, 0.15) is 11.3 Å². The van der Waals surface area contributed by atoms with E-state index in [1.807, 2.05) is 0 Å². The number of rotatable bonds is 2. The van der Waals surface area contributed by atoms with E-state index in [0.717, 1.165) is 5.56 Å². The first-order chi connectivity index (χ1) is 7.13. The molecule has 5 nitrogen and oxygen atoms in total. The Morgan fingerprint density at radius 1 is 1.53 bits per heavy atom. The number of benzene rings is 1. The molecular weight excluding hydrogens is 198 g/mol. The predicted molar refractivity (Wildman–Crippen MR) is 53.5 cm³/mol. The zero-order valence-electron chi connectivity index (χ0n) is 8.06. The Hall–Kier alpha value is -1.88. The van der Waals surface area contributed by atoms with Gasteiger partial charge in [-0.15, -0.1) is 0 Å². The van der Waals surface area contributed by atoms with Crippen molar-refractivity contribution in [2.24, 2.45) is 0 Å². The third kappa shape index (κ3) is 1.46. The zero-order valence-corrected chi connectivity index (χ0v) is 8.06. The van der Waals surface area contributed by atoms with E-state index in [4.69, 9.17) is 9.52 Å². The van der Waals surface area contributed by atoms with Gasteiger partial charge in [0, 0.05) is 23.1 Å². The summed E-state index contributed by atoms with van der Waals surface area (Å²) in [5, 5.41) is 20.2. The molecule has 1 heterocycles. The topological polar surface area (TPSA) is 76.5 Å². The number of fused-ring (bicyclic) bond motifs is 1. The van der Waals surface area contributed by atoms with Gasteiger partial charge in [-0.1, -0.05) is 0 Å². The van der Waals surface area contributed by atoms with Gasteiger partial charge in [-0.2, -0.15) is 0 Å². The molecule has 0 spiro atoms. The van der Waals surface area contributed by atoms with E-state index in [0.29, 0.717) is 16.7 Å². The quantitative estimate of drug-likeness (QED) is 0.604. The highest BCUT2D eigenvalue weighted by Crippen LogP contribution is 2.28. The molecule has 78 valence electrons. The fourth-order valence-electron chi connectivity index (χ4n) is 1.52. The summed E-state index contributed by atoms with van der Waals surface area (Å²) in [4.78, 5) is 10.1. The van der Waals surface area contributed by atoms with Crippen molar-refractivity contribution < 1.29 is 14.4 Å². The van der Waals surface area contributed by atoms with Gasteiger partial charge in [0.25, 0.3) is 5.69 Å². The smallest absolute Gasteiger partial charge is 0.270 e. The number of non-ortho nitro benzene ring substituents is 1. The molecule has 0 bridgehead atoms. The number of furan rings is 1. The van der Waals surface area contributed by atoms with Gasteiger partial charge in [-0.3, -0.25) is 10.1 Å². The lowest BCUT2D eigenvalue weighted by Crippen LogP contribution is -1.86. The monoisotopic (exact) mass is 207 g/mol. The van der Waals surface area contributed by atoms with Gasteiger partial charge < -0.3 is 9.52 Å². The van der Waals surface area contributed by atoms with Crippen molar-refractivity contribution in [3.63, 3.8) is 0 Å². The van der Waals surface area contributed by atoms with Crippen LogP contribution in [0.25, 0.3) is 11.0 Å². The van der Waals surface area contributed by atoms with Crippen LogP contribution in [0.15, 0.2) is 22.6 Å². The first kappa shape index (κ1) is 9.67. The molecule has 0 fully saturated rings. The first-order valence-electron chi connectivity index (χ1n) is 4.40. The fourth-order valence-corrected chi connectivity index (χ4v) is 1.52. The summed E-state index contributed by atoms with van der Waals surface area (Å²) in [5.74, 6) is 0.450. The van der Waals surface area contributed by atoms with Crippen molar-refractivity contribution in [1.29, 1.82) is 0 Å². The highest BCUT2D eigenvalue weighted by Gasteiger charge is 2.13. The maximum absolute atomic E-state index is 10.6. The maximum Gasteiger partial charge on any atom is 0.270 e. The Labute approximate surface area is 85.1 Å². The number of aryl methyl sites for hydroxylation is 1. The molecule has 15 heavy (non-hydrogen) atoms. The summed E-state index contributed by atoms with van der Waals surface area (Å²) in [7, 11) is 0. The number of nitro benzene ring substituents is 1. The Morgan fingerprint density at radius 2 is 2.27 bits per heavy atom. The Balaban J connectivity index is 2.70. The summed E-state index contributed by atoms with van der Waals surface area (Å²) >= 11 is 0. The molecule has 1 N–H and O–H groups in total. The van der Waals surface area contributed by atoms with E-state index in [1.54, 1.807) is 13.0 Å². The summed E-state index contributed by atoms with van der Waals surface area (Å²) in [6.45, 7) is 1.56. The van der Waals surface area contributed by atoms with Gasteiger partial charge >= 0.3 is 0 Å². The molecule has 1 aromatic carbocycles. The number of hydrogen-bond donors (Lipinski definition) is 1. The van der Waals surface area contributed by atoms with E-state index in [-0.39, 0.29) is 12.3 Å². The van der Waals surface area contributed by atoms with E-state index < -0.39 is 4.92 Å². The molecular formula is C10H9NO4. The number of aliphatic hydroxyl groups excluding tert-OH is 1. The van der Waals surface area contributed by atoms with Crippen LogP contribution < -0.4 is 0 Å². The summed E-state index contributed by atoms with van der Waals surface area (Å²) < 4.78 is 5.31. The maximum atomic E-state index is 10.6. The van der Waals surface area contributed by atoms with Gasteiger partial charge in [0.2, 0.25) is 0 Å². The summed E-state index contributed by atoms with van der Waals surface area (Å²) in [6, 6.07) is 4.37. The molecule has 0 saturated heterocycles. The van der Waals surface area contributed by atoms with Gasteiger partial charge in [0.05, 0.1) is 4.92 Å². The molecule has 1 aromatic heterocycles. The van der Waals surface area contributed by atoms with Crippen LogP contribution in [-0.2, 0) is 6.61 Å². The molecule has 2 aromatic rings.